The average Bonchev–Trinajstić information content (AvgIpc) is 2.45. The summed E-state index contributed by atoms with van der Waals surface area (Å²) in [5.41, 5.74) is 1.33. The summed E-state index contributed by atoms with van der Waals surface area (Å²) < 4.78 is 0. The number of halogens is 1. The molecular weight excluding hydrogens is 284 g/mol. The minimum absolute atomic E-state index is 0.339. The number of rotatable bonds is 4. The molecule has 0 N–H and O–H groups in total. The van der Waals surface area contributed by atoms with Crippen LogP contribution in [0.2, 0.25) is 5.02 Å². The third-order valence-electron chi connectivity index (χ3n) is 4.77. The molecule has 0 unspecified atom stereocenters. The van der Waals surface area contributed by atoms with Gasteiger partial charge in [0.05, 0.1) is 0 Å². The van der Waals surface area contributed by atoms with Crippen molar-refractivity contribution in [2.45, 2.75) is 25.7 Å². The van der Waals surface area contributed by atoms with Gasteiger partial charge in [-0.1, -0.05) is 30.2 Å². The van der Waals surface area contributed by atoms with E-state index in [2.05, 4.69) is 21.9 Å². The lowest BCUT2D eigenvalue weighted by molar-refractivity contribution is -0.139. The molecule has 1 aliphatic carbocycles. The monoisotopic (exact) mass is 306 g/mol. The Balaban J connectivity index is 1.41. The highest BCUT2D eigenvalue weighted by atomic mass is 35.5. The summed E-state index contributed by atoms with van der Waals surface area (Å²) in [6, 6.07) is 8.09. The van der Waals surface area contributed by atoms with E-state index in [4.69, 9.17) is 11.6 Å². The lowest BCUT2D eigenvalue weighted by atomic mass is 9.84. The van der Waals surface area contributed by atoms with Crippen molar-refractivity contribution in [1.29, 1.82) is 0 Å². The van der Waals surface area contributed by atoms with Crippen LogP contribution in [0.4, 0.5) is 0 Å². The topological polar surface area (TPSA) is 23.6 Å². The van der Waals surface area contributed by atoms with Gasteiger partial charge in [0, 0.05) is 43.7 Å². The van der Waals surface area contributed by atoms with Gasteiger partial charge in [-0.2, -0.15) is 0 Å². The van der Waals surface area contributed by atoms with E-state index in [0.717, 1.165) is 57.0 Å². The summed E-state index contributed by atoms with van der Waals surface area (Å²) >= 11 is 5.90. The Morgan fingerprint density at radius 3 is 2.33 bits per heavy atom. The smallest absolute Gasteiger partial charge is 0.225 e. The maximum atomic E-state index is 12.2. The van der Waals surface area contributed by atoms with E-state index in [9.17, 15) is 4.79 Å². The molecule has 1 heterocycles. The first kappa shape index (κ1) is 14.9. The van der Waals surface area contributed by atoms with Crippen molar-refractivity contribution < 1.29 is 4.79 Å². The molecule has 4 heteroatoms. The maximum absolute atomic E-state index is 12.2. The summed E-state index contributed by atoms with van der Waals surface area (Å²) in [4.78, 5) is 16.7. The van der Waals surface area contributed by atoms with Crippen LogP contribution in [0, 0.1) is 5.92 Å². The van der Waals surface area contributed by atoms with E-state index >= 15 is 0 Å². The number of amides is 1. The largest absolute Gasteiger partial charge is 0.340 e. The van der Waals surface area contributed by atoms with E-state index in [1.807, 2.05) is 12.1 Å². The standard InChI is InChI=1S/C17H23ClN2O/c18-16-6-4-14(5-7-16)8-9-19-10-12-20(13-11-19)17(21)15-2-1-3-15/h4-7,15H,1-3,8-13H2. The van der Waals surface area contributed by atoms with Gasteiger partial charge in [-0.25, -0.2) is 0 Å². The predicted octanol–water partition coefficient (Wildman–Crippen LogP) is 2.83. The summed E-state index contributed by atoms with van der Waals surface area (Å²) in [6.07, 6.45) is 4.50. The van der Waals surface area contributed by atoms with Crippen LogP contribution in [0.5, 0.6) is 0 Å². The number of carbonyl (C=O) groups is 1. The quantitative estimate of drug-likeness (QED) is 0.854. The lowest BCUT2D eigenvalue weighted by Gasteiger charge is -2.38. The van der Waals surface area contributed by atoms with Crippen LogP contribution < -0.4 is 0 Å². The minimum atomic E-state index is 0.339. The summed E-state index contributed by atoms with van der Waals surface area (Å²) in [5.74, 6) is 0.740. The molecule has 1 amide bonds. The maximum Gasteiger partial charge on any atom is 0.225 e. The molecule has 114 valence electrons. The molecule has 21 heavy (non-hydrogen) atoms. The zero-order chi connectivity index (χ0) is 14.7. The first-order valence-electron chi connectivity index (χ1n) is 7.98. The van der Waals surface area contributed by atoms with Crippen LogP contribution in [-0.4, -0.2) is 48.4 Å². The number of benzene rings is 1. The molecule has 1 aliphatic heterocycles. The van der Waals surface area contributed by atoms with Crippen molar-refractivity contribution in [1.82, 2.24) is 9.80 Å². The van der Waals surface area contributed by atoms with E-state index in [1.165, 1.54) is 12.0 Å². The van der Waals surface area contributed by atoms with Gasteiger partial charge in [-0.15, -0.1) is 0 Å². The Kier molecular flexibility index (Phi) is 4.81. The molecule has 0 atom stereocenters. The second-order valence-electron chi connectivity index (χ2n) is 6.17. The molecule has 2 aliphatic rings. The zero-order valence-electron chi connectivity index (χ0n) is 12.4. The third-order valence-corrected chi connectivity index (χ3v) is 5.02. The Hall–Kier alpha value is -1.06. The van der Waals surface area contributed by atoms with Gasteiger partial charge in [0.25, 0.3) is 0 Å². The highest BCUT2D eigenvalue weighted by Gasteiger charge is 2.30. The third kappa shape index (κ3) is 3.78. The normalized spacial score (nSPS) is 20.3. The van der Waals surface area contributed by atoms with Gasteiger partial charge >= 0.3 is 0 Å². The molecule has 3 nitrogen and oxygen atoms in total. The molecule has 1 aromatic rings. The van der Waals surface area contributed by atoms with E-state index in [-0.39, 0.29) is 0 Å². The van der Waals surface area contributed by atoms with Crippen molar-refractivity contribution in [2.75, 3.05) is 32.7 Å². The highest BCUT2D eigenvalue weighted by Crippen LogP contribution is 2.28. The second-order valence-corrected chi connectivity index (χ2v) is 6.61. The molecule has 0 bridgehead atoms. The van der Waals surface area contributed by atoms with Gasteiger partial charge in [0.1, 0.15) is 0 Å². The van der Waals surface area contributed by atoms with E-state index < -0.39 is 0 Å². The summed E-state index contributed by atoms with van der Waals surface area (Å²) in [6.45, 7) is 4.87. The van der Waals surface area contributed by atoms with E-state index in [0.29, 0.717) is 11.8 Å². The molecule has 0 radical (unpaired) electrons. The number of piperazine rings is 1. The van der Waals surface area contributed by atoms with Gasteiger partial charge in [0.15, 0.2) is 0 Å². The number of nitrogens with zero attached hydrogens (tertiary/aromatic N) is 2. The summed E-state index contributed by atoms with van der Waals surface area (Å²) in [7, 11) is 0. The molecule has 1 saturated carbocycles. The van der Waals surface area contributed by atoms with Crippen LogP contribution in [0.1, 0.15) is 24.8 Å². The molecule has 0 aromatic heterocycles. The average molecular weight is 307 g/mol. The van der Waals surface area contributed by atoms with Gasteiger partial charge in [-0.05, 0) is 37.0 Å². The van der Waals surface area contributed by atoms with Crippen molar-refractivity contribution >= 4 is 17.5 Å². The SMILES string of the molecule is O=C(C1CCC1)N1CCN(CCc2ccc(Cl)cc2)CC1. The van der Waals surface area contributed by atoms with Crippen molar-refractivity contribution in [3.05, 3.63) is 34.9 Å². The minimum Gasteiger partial charge on any atom is -0.340 e. The predicted molar refractivity (Wildman–Crippen MR) is 85.5 cm³/mol. The Bertz CT molecular complexity index is 476. The van der Waals surface area contributed by atoms with E-state index in [1.54, 1.807) is 0 Å². The van der Waals surface area contributed by atoms with Gasteiger partial charge in [0.2, 0.25) is 5.91 Å². The molecular formula is C17H23ClN2O. The molecule has 1 saturated heterocycles. The molecule has 1 aromatic carbocycles. The van der Waals surface area contributed by atoms with Crippen LogP contribution in [0.15, 0.2) is 24.3 Å². The fourth-order valence-electron chi connectivity index (χ4n) is 3.04. The van der Waals surface area contributed by atoms with Crippen LogP contribution in [0.3, 0.4) is 0 Å². The van der Waals surface area contributed by atoms with Crippen molar-refractivity contribution in [3.63, 3.8) is 0 Å². The van der Waals surface area contributed by atoms with Gasteiger partial charge in [-0.3, -0.25) is 9.69 Å². The zero-order valence-corrected chi connectivity index (χ0v) is 13.2. The fourth-order valence-corrected chi connectivity index (χ4v) is 3.17. The Labute approximate surface area is 131 Å². The van der Waals surface area contributed by atoms with Crippen LogP contribution in [0.25, 0.3) is 0 Å². The number of carbonyl (C=O) groups excluding carboxylic acids is 1. The highest BCUT2D eigenvalue weighted by molar-refractivity contribution is 6.30. The first-order chi connectivity index (χ1) is 10.2. The summed E-state index contributed by atoms with van der Waals surface area (Å²) in [5, 5.41) is 0.793. The van der Waals surface area contributed by atoms with Crippen LogP contribution >= 0.6 is 11.6 Å². The molecule has 0 spiro atoms. The van der Waals surface area contributed by atoms with Crippen molar-refractivity contribution in [3.8, 4) is 0 Å². The molecule has 3 rings (SSSR count). The fraction of sp³-hybridized carbons (Fsp3) is 0.588. The number of hydrogen-bond donors (Lipinski definition) is 0. The first-order valence-corrected chi connectivity index (χ1v) is 8.36. The van der Waals surface area contributed by atoms with Gasteiger partial charge < -0.3 is 4.90 Å². The molecule has 2 fully saturated rings. The lowest BCUT2D eigenvalue weighted by Crippen LogP contribution is -2.51. The van der Waals surface area contributed by atoms with Crippen molar-refractivity contribution in [2.24, 2.45) is 5.92 Å². The Morgan fingerprint density at radius 1 is 1.10 bits per heavy atom. The Morgan fingerprint density at radius 2 is 1.76 bits per heavy atom. The number of hydrogen-bond acceptors (Lipinski definition) is 2. The van der Waals surface area contributed by atoms with Crippen LogP contribution in [-0.2, 0) is 11.2 Å². The second kappa shape index (κ2) is 6.80.